The quantitative estimate of drug-likeness (QED) is 0.632. The molecule has 1 heterocycles. The van der Waals surface area contributed by atoms with E-state index in [1.54, 1.807) is 0 Å². The van der Waals surface area contributed by atoms with Gasteiger partial charge in [0.2, 0.25) is 0 Å². The third-order valence-electron chi connectivity index (χ3n) is 2.18. The van der Waals surface area contributed by atoms with Crippen molar-refractivity contribution in [1.82, 2.24) is 4.98 Å². The minimum absolute atomic E-state index is 1.08. The molecule has 0 amide bonds. The summed E-state index contributed by atoms with van der Waals surface area (Å²) >= 11 is 0. The van der Waals surface area contributed by atoms with E-state index in [1.165, 1.54) is 5.57 Å². The molecule has 0 aromatic carbocycles. The Morgan fingerprint density at radius 3 is 2.85 bits per heavy atom. The van der Waals surface area contributed by atoms with Gasteiger partial charge in [0.15, 0.2) is 0 Å². The summed E-state index contributed by atoms with van der Waals surface area (Å²) in [6.45, 7) is 2.02. The smallest absolute Gasteiger partial charge is 0.0701 e. The number of hydrogen-bond acceptors (Lipinski definition) is 1. The molecule has 0 bridgehead atoms. The lowest BCUT2D eigenvalue weighted by Crippen LogP contribution is -1.91. The third kappa shape index (κ3) is 1.86. The Balaban J connectivity index is 2.35. The molecular formula is C12H13N. The molecule has 1 heteroatoms. The number of rotatable bonds is 1. The van der Waals surface area contributed by atoms with E-state index in [4.69, 9.17) is 0 Å². The van der Waals surface area contributed by atoms with E-state index in [2.05, 4.69) is 35.3 Å². The summed E-state index contributed by atoms with van der Waals surface area (Å²) in [6, 6.07) is 6.14. The molecule has 0 saturated heterocycles. The van der Waals surface area contributed by atoms with Crippen LogP contribution < -0.4 is 0 Å². The Kier molecular flexibility index (Phi) is 2.26. The second kappa shape index (κ2) is 3.56. The van der Waals surface area contributed by atoms with Crippen LogP contribution >= 0.6 is 0 Å². The minimum Gasteiger partial charge on any atom is -0.253 e. The molecule has 1 nitrogen and oxygen atoms in total. The summed E-state index contributed by atoms with van der Waals surface area (Å²) in [5.41, 5.74) is 3.43. The highest BCUT2D eigenvalue weighted by Crippen LogP contribution is 2.19. The lowest BCUT2D eigenvalue weighted by Gasteiger charge is -2.06. The van der Waals surface area contributed by atoms with Gasteiger partial charge < -0.3 is 0 Å². The van der Waals surface area contributed by atoms with Crippen molar-refractivity contribution in [2.75, 3.05) is 0 Å². The number of allylic oxidation sites excluding steroid dienone is 4. The molecule has 0 aliphatic heterocycles. The van der Waals surface area contributed by atoms with Crippen molar-refractivity contribution >= 4 is 5.57 Å². The Bertz CT molecular complexity index is 361. The normalized spacial score (nSPS) is 15.6. The van der Waals surface area contributed by atoms with E-state index in [0.717, 1.165) is 24.2 Å². The van der Waals surface area contributed by atoms with E-state index in [0.29, 0.717) is 0 Å². The molecule has 2 rings (SSSR count). The van der Waals surface area contributed by atoms with Crippen molar-refractivity contribution in [2.24, 2.45) is 0 Å². The van der Waals surface area contributed by atoms with Gasteiger partial charge in [0.25, 0.3) is 0 Å². The number of hydrogen-bond donors (Lipinski definition) is 0. The van der Waals surface area contributed by atoms with Gasteiger partial charge in [-0.1, -0.05) is 24.3 Å². The molecule has 0 N–H and O–H groups in total. The van der Waals surface area contributed by atoms with Gasteiger partial charge in [-0.25, -0.2) is 0 Å². The van der Waals surface area contributed by atoms with Crippen LogP contribution in [0.15, 0.2) is 36.4 Å². The number of pyridine rings is 1. The van der Waals surface area contributed by atoms with Crippen LogP contribution in [0.2, 0.25) is 0 Å². The van der Waals surface area contributed by atoms with Gasteiger partial charge in [-0.3, -0.25) is 4.98 Å². The standard InChI is InChI=1S/C12H13N/c1-10-6-5-9-12(13-10)11-7-3-2-4-8-11/h3,5-9H,2,4H2,1H3. The van der Waals surface area contributed by atoms with Crippen molar-refractivity contribution < 1.29 is 0 Å². The second-order valence-corrected chi connectivity index (χ2v) is 3.30. The largest absolute Gasteiger partial charge is 0.253 e. The van der Waals surface area contributed by atoms with Gasteiger partial charge in [0.05, 0.1) is 5.69 Å². The van der Waals surface area contributed by atoms with Gasteiger partial charge in [-0.05, 0) is 37.5 Å². The zero-order valence-corrected chi connectivity index (χ0v) is 7.83. The fourth-order valence-corrected chi connectivity index (χ4v) is 1.51. The first kappa shape index (κ1) is 8.24. The Labute approximate surface area is 78.8 Å². The zero-order chi connectivity index (χ0) is 9.10. The average molecular weight is 171 g/mol. The van der Waals surface area contributed by atoms with Crippen LogP contribution in [0.3, 0.4) is 0 Å². The van der Waals surface area contributed by atoms with Crippen LogP contribution in [0.4, 0.5) is 0 Å². The molecule has 1 aromatic heterocycles. The maximum atomic E-state index is 4.48. The maximum absolute atomic E-state index is 4.48. The van der Waals surface area contributed by atoms with E-state index < -0.39 is 0 Å². The van der Waals surface area contributed by atoms with Gasteiger partial charge >= 0.3 is 0 Å². The summed E-state index contributed by atoms with van der Waals surface area (Å²) in [5, 5.41) is 0. The molecule has 1 aliphatic carbocycles. The van der Waals surface area contributed by atoms with E-state index in [-0.39, 0.29) is 0 Å². The minimum atomic E-state index is 1.08. The Hall–Kier alpha value is -1.37. The zero-order valence-electron chi connectivity index (χ0n) is 7.83. The summed E-state index contributed by atoms with van der Waals surface area (Å²) in [7, 11) is 0. The first-order valence-electron chi connectivity index (χ1n) is 4.67. The summed E-state index contributed by atoms with van der Waals surface area (Å²) in [4.78, 5) is 4.48. The summed E-state index contributed by atoms with van der Waals surface area (Å²) in [5.74, 6) is 0. The van der Waals surface area contributed by atoms with Gasteiger partial charge in [0, 0.05) is 5.69 Å². The second-order valence-electron chi connectivity index (χ2n) is 3.30. The Morgan fingerprint density at radius 1 is 1.23 bits per heavy atom. The maximum Gasteiger partial charge on any atom is 0.0701 e. The highest BCUT2D eigenvalue weighted by atomic mass is 14.7. The summed E-state index contributed by atoms with van der Waals surface area (Å²) < 4.78 is 0. The lowest BCUT2D eigenvalue weighted by molar-refractivity contribution is 1.03. The monoisotopic (exact) mass is 171 g/mol. The lowest BCUT2D eigenvalue weighted by atomic mass is 10.0. The van der Waals surface area contributed by atoms with Crippen LogP contribution in [0.25, 0.3) is 5.57 Å². The summed E-state index contributed by atoms with van der Waals surface area (Å²) in [6.07, 6.45) is 8.92. The fraction of sp³-hybridized carbons (Fsp3) is 0.250. The highest BCUT2D eigenvalue weighted by Gasteiger charge is 2.01. The van der Waals surface area contributed by atoms with Crippen molar-refractivity contribution in [3.8, 4) is 0 Å². The van der Waals surface area contributed by atoms with E-state index in [9.17, 15) is 0 Å². The van der Waals surface area contributed by atoms with Crippen LogP contribution in [0.1, 0.15) is 24.2 Å². The van der Waals surface area contributed by atoms with Crippen LogP contribution in [0.5, 0.6) is 0 Å². The van der Waals surface area contributed by atoms with Crippen molar-refractivity contribution in [3.63, 3.8) is 0 Å². The Morgan fingerprint density at radius 2 is 2.15 bits per heavy atom. The highest BCUT2D eigenvalue weighted by molar-refractivity contribution is 5.72. The molecule has 0 fully saturated rings. The molecule has 13 heavy (non-hydrogen) atoms. The van der Waals surface area contributed by atoms with Crippen LogP contribution in [0, 0.1) is 6.92 Å². The molecule has 0 radical (unpaired) electrons. The number of aromatic nitrogens is 1. The van der Waals surface area contributed by atoms with E-state index in [1.807, 2.05) is 13.0 Å². The average Bonchev–Trinajstić information content (AvgIpc) is 2.19. The topological polar surface area (TPSA) is 12.9 Å². The molecule has 0 spiro atoms. The van der Waals surface area contributed by atoms with Gasteiger partial charge in [-0.2, -0.15) is 0 Å². The first-order chi connectivity index (χ1) is 6.36. The predicted octanol–water partition coefficient (Wildman–Crippen LogP) is 3.12. The molecule has 1 aliphatic rings. The molecule has 1 aromatic rings. The number of nitrogens with zero attached hydrogens (tertiary/aromatic N) is 1. The van der Waals surface area contributed by atoms with Gasteiger partial charge in [0.1, 0.15) is 0 Å². The predicted molar refractivity (Wildman–Crippen MR) is 55.3 cm³/mol. The first-order valence-corrected chi connectivity index (χ1v) is 4.67. The fourth-order valence-electron chi connectivity index (χ4n) is 1.51. The van der Waals surface area contributed by atoms with E-state index >= 15 is 0 Å². The van der Waals surface area contributed by atoms with Crippen molar-refractivity contribution in [1.29, 1.82) is 0 Å². The van der Waals surface area contributed by atoms with Crippen LogP contribution in [-0.4, -0.2) is 4.98 Å². The number of aryl methyl sites for hydroxylation is 1. The van der Waals surface area contributed by atoms with Crippen molar-refractivity contribution in [2.45, 2.75) is 19.8 Å². The molecule has 0 saturated carbocycles. The van der Waals surface area contributed by atoms with Gasteiger partial charge in [-0.15, -0.1) is 0 Å². The van der Waals surface area contributed by atoms with Crippen LogP contribution in [-0.2, 0) is 0 Å². The molecule has 0 atom stereocenters. The molecule has 66 valence electrons. The third-order valence-corrected chi connectivity index (χ3v) is 2.18. The molecule has 0 unspecified atom stereocenters. The SMILES string of the molecule is Cc1cccc(C2=CCCC=C2)n1. The van der Waals surface area contributed by atoms with Crippen molar-refractivity contribution in [3.05, 3.63) is 47.8 Å². The molecular weight excluding hydrogens is 158 g/mol.